The number of aliphatic carboxylic acids is 1. The molecule has 0 bridgehead atoms. The Morgan fingerprint density at radius 2 is 1.86 bits per heavy atom. The molecule has 2 amide bonds. The van der Waals surface area contributed by atoms with Gasteiger partial charge in [-0.15, -0.1) is 0 Å². The Labute approximate surface area is 205 Å². The van der Waals surface area contributed by atoms with Crippen LogP contribution in [0.3, 0.4) is 0 Å². The number of alkyl halides is 4. The molecule has 2 aliphatic heterocycles. The second-order valence-electron chi connectivity index (χ2n) is 8.40. The number of urea groups is 1. The number of nitrogens with zero attached hydrogens (tertiary/aromatic N) is 3. The Kier molecular flexibility index (Phi) is 9.31. The number of aryl methyl sites for hydroxylation is 1. The number of carboxylic acid groups (broad SMARTS) is 1. The van der Waals surface area contributed by atoms with Crippen molar-refractivity contribution in [3.8, 4) is 5.75 Å². The summed E-state index contributed by atoms with van der Waals surface area (Å²) in [6, 6.07) is 10.9. The molecule has 36 heavy (non-hydrogen) atoms. The minimum atomic E-state index is -3.10. The molecule has 0 radical (unpaired) electrons. The van der Waals surface area contributed by atoms with Gasteiger partial charge in [0.1, 0.15) is 11.6 Å². The molecular formula is C24H28F4N4O4. The van der Waals surface area contributed by atoms with Gasteiger partial charge in [-0.25, -0.2) is 18.6 Å². The lowest BCUT2D eigenvalue weighted by Crippen LogP contribution is -2.41. The molecule has 4 rings (SSSR count). The second kappa shape index (κ2) is 12.4. The molecule has 1 aromatic heterocycles. The number of nitrogens with one attached hydrogen (secondary N) is 1. The third-order valence-electron chi connectivity index (χ3n) is 5.56. The van der Waals surface area contributed by atoms with Crippen molar-refractivity contribution in [1.29, 1.82) is 0 Å². The Bertz CT molecular complexity index is 1030. The van der Waals surface area contributed by atoms with E-state index in [0.29, 0.717) is 5.82 Å². The van der Waals surface area contributed by atoms with E-state index in [2.05, 4.69) is 15.0 Å². The monoisotopic (exact) mass is 512 g/mol. The maximum Gasteiger partial charge on any atom is 0.387 e. The van der Waals surface area contributed by atoms with Gasteiger partial charge in [0.25, 0.3) is 5.92 Å². The molecule has 196 valence electrons. The van der Waals surface area contributed by atoms with Crippen LogP contribution < -0.4 is 10.1 Å². The van der Waals surface area contributed by atoms with Crippen molar-refractivity contribution in [2.45, 2.75) is 38.2 Å². The zero-order chi connectivity index (χ0) is 26.1. The average Bonchev–Trinajstić information content (AvgIpc) is 3.16. The summed E-state index contributed by atoms with van der Waals surface area (Å²) in [6.45, 7) is -2.16. The number of ether oxygens (including phenoxy) is 1. The van der Waals surface area contributed by atoms with Gasteiger partial charge in [-0.3, -0.25) is 4.79 Å². The maximum absolute atomic E-state index is 14.4. The maximum atomic E-state index is 14.4. The third kappa shape index (κ3) is 8.28. The molecule has 0 saturated carbocycles. The number of carboxylic acids is 1. The average molecular weight is 513 g/mol. The van der Waals surface area contributed by atoms with Crippen LogP contribution >= 0.6 is 0 Å². The highest BCUT2D eigenvalue weighted by molar-refractivity contribution is 5.77. The van der Waals surface area contributed by atoms with Crippen LogP contribution in [0.4, 0.5) is 28.2 Å². The van der Waals surface area contributed by atoms with Crippen molar-refractivity contribution >= 4 is 17.8 Å². The van der Waals surface area contributed by atoms with Gasteiger partial charge in [0.05, 0.1) is 19.4 Å². The number of aromatic nitrogens is 1. The lowest BCUT2D eigenvalue weighted by Gasteiger charge is -2.24. The zero-order valence-electron chi connectivity index (χ0n) is 19.5. The fraction of sp³-hybridized carbons (Fsp3) is 0.458. The molecular weight excluding hydrogens is 484 g/mol. The van der Waals surface area contributed by atoms with E-state index >= 15 is 0 Å². The molecule has 0 unspecified atom stereocenters. The summed E-state index contributed by atoms with van der Waals surface area (Å²) in [6.07, 6.45) is 1.16. The lowest BCUT2D eigenvalue weighted by atomic mass is 10.1. The smallest absolute Gasteiger partial charge is 0.387 e. The molecule has 0 aliphatic carbocycles. The molecule has 2 aromatic rings. The topological polar surface area (TPSA) is 95.0 Å². The Morgan fingerprint density at radius 1 is 1.14 bits per heavy atom. The van der Waals surface area contributed by atoms with Gasteiger partial charge in [0.15, 0.2) is 0 Å². The predicted octanol–water partition coefficient (Wildman–Crippen LogP) is 4.12. The van der Waals surface area contributed by atoms with E-state index in [-0.39, 0.29) is 37.5 Å². The number of amides is 2. The van der Waals surface area contributed by atoms with Gasteiger partial charge >= 0.3 is 18.6 Å². The van der Waals surface area contributed by atoms with E-state index in [1.54, 1.807) is 24.3 Å². The Balaban J connectivity index is 0.000000303. The van der Waals surface area contributed by atoms with Gasteiger partial charge in [-0.05, 0) is 36.6 Å². The first-order valence-electron chi connectivity index (χ1n) is 11.5. The first-order valence-corrected chi connectivity index (χ1v) is 11.5. The Morgan fingerprint density at radius 3 is 2.56 bits per heavy atom. The van der Waals surface area contributed by atoms with Gasteiger partial charge in [0.2, 0.25) is 0 Å². The number of fused-ring (bicyclic) bond motifs is 1. The molecule has 0 spiro atoms. The highest BCUT2D eigenvalue weighted by Crippen LogP contribution is 2.26. The number of carbonyl (C=O) groups excluding carboxylic acids is 1. The largest absolute Gasteiger partial charge is 0.481 e. The van der Waals surface area contributed by atoms with Crippen molar-refractivity contribution in [3.05, 3.63) is 53.7 Å². The molecule has 0 atom stereocenters. The van der Waals surface area contributed by atoms with Crippen LogP contribution in [-0.4, -0.2) is 77.1 Å². The molecule has 2 N–H and O–H groups in total. The summed E-state index contributed by atoms with van der Waals surface area (Å²) in [5, 5.41) is 11.8. The van der Waals surface area contributed by atoms with E-state index in [0.717, 1.165) is 29.8 Å². The summed E-state index contributed by atoms with van der Waals surface area (Å²) < 4.78 is 56.0. The van der Waals surface area contributed by atoms with Crippen LogP contribution in [-0.2, 0) is 17.6 Å². The fourth-order valence-electron chi connectivity index (χ4n) is 3.89. The number of carbonyl (C=O) groups is 2. The number of para-hydroxylation sites is 1. The summed E-state index contributed by atoms with van der Waals surface area (Å²) in [5.41, 5.74) is 1.32. The van der Waals surface area contributed by atoms with Crippen molar-refractivity contribution in [1.82, 2.24) is 14.8 Å². The van der Waals surface area contributed by atoms with Crippen LogP contribution in [0.25, 0.3) is 0 Å². The number of anilines is 1. The number of pyridine rings is 1. The van der Waals surface area contributed by atoms with Crippen molar-refractivity contribution in [2.24, 2.45) is 0 Å². The normalized spacial score (nSPS) is 15.2. The number of hydrogen-bond acceptors (Lipinski definition) is 5. The summed E-state index contributed by atoms with van der Waals surface area (Å²) in [7, 11) is 0. The number of halogens is 4. The first-order chi connectivity index (χ1) is 17.1. The van der Waals surface area contributed by atoms with Crippen LogP contribution in [0.5, 0.6) is 5.75 Å². The zero-order valence-corrected chi connectivity index (χ0v) is 19.5. The highest BCUT2D eigenvalue weighted by atomic mass is 19.3. The van der Waals surface area contributed by atoms with Crippen LogP contribution in [0.1, 0.15) is 24.1 Å². The van der Waals surface area contributed by atoms with E-state index in [4.69, 9.17) is 5.11 Å². The summed E-state index contributed by atoms with van der Waals surface area (Å²) >= 11 is 0. The quantitative estimate of drug-likeness (QED) is 0.491. The standard InChI is InChI=1S/C17H22F2N4O3.C7H6F2O/c18-17(19,10-13-4-3-12-2-1-6-20-15(12)21-13)11-23-9-8-22(16(23)26)7-5-14(24)25;8-7(9)10-6-4-2-1-3-5-6/h3-4H,1-2,5-11H2,(H,20,21)(H,24,25);1-5,7H. The SMILES string of the molecule is FC(F)Oc1ccccc1.O=C(O)CCN1CCN(CC(F)(F)Cc2ccc3c(n2)NCCC3)C1=O. The number of rotatable bonds is 9. The first kappa shape index (κ1) is 27.0. The lowest BCUT2D eigenvalue weighted by molar-refractivity contribution is -0.137. The minimum absolute atomic E-state index is 0.0360. The minimum Gasteiger partial charge on any atom is -0.481 e. The highest BCUT2D eigenvalue weighted by Gasteiger charge is 2.38. The van der Waals surface area contributed by atoms with E-state index in [1.165, 1.54) is 17.0 Å². The molecule has 1 saturated heterocycles. The van der Waals surface area contributed by atoms with Gasteiger partial charge in [-0.1, -0.05) is 24.3 Å². The van der Waals surface area contributed by atoms with Crippen LogP contribution in [0.15, 0.2) is 42.5 Å². The molecule has 1 fully saturated rings. The van der Waals surface area contributed by atoms with E-state index in [1.807, 2.05) is 6.07 Å². The van der Waals surface area contributed by atoms with E-state index < -0.39 is 37.5 Å². The van der Waals surface area contributed by atoms with Crippen molar-refractivity contribution in [3.63, 3.8) is 0 Å². The molecule has 8 nitrogen and oxygen atoms in total. The van der Waals surface area contributed by atoms with Gasteiger partial charge < -0.3 is 25.0 Å². The molecule has 3 heterocycles. The summed E-state index contributed by atoms with van der Waals surface area (Å²) in [4.78, 5) is 29.4. The van der Waals surface area contributed by atoms with E-state index in [9.17, 15) is 27.2 Å². The molecule has 12 heteroatoms. The molecule has 1 aromatic carbocycles. The van der Waals surface area contributed by atoms with Crippen molar-refractivity contribution < 1.29 is 37.0 Å². The molecule has 2 aliphatic rings. The summed E-state index contributed by atoms with van der Waals surface area (Å²) in [5.74, 6) is -3.26. The number of hydrogen-bond donors (Lipinski definition) is 2. The Hall–Kier alpha value is -3.57. The second-order valence-corrected chi connectivity index (χ2v) is 8.40. The predicted molar refractivity (Wildman–Crippen MR) is 124 cm³/mol. The third-order valence-corrected chi connectivity index (χ3v) is 5.56. The van der Waals surface area contributed by atoms with Crippen LogP contribution in [0.2, 0.25) is 0 Å². The van der Waals surface area contributed by atoms with Crippen LogP contribution in [0, 0.1) is 0 Å². The van der Waals surface area contributed by atoms with Gasteiger partial charge in [-0.2, -0.15) is 8.78 Å². The fourth-order valence-corrected chi connectivity index (χ4v) is 3.89. The van der Waals surface area contributed by atoms with Crippen molar-refractivity contribution in [2.75, 3.05) is 38.0 Å². The number of benzene rings is 1. The van der Waals surface area contributed by atoms with Gasteiger partial charge in [0, 0.05) is 31.9 Å².